The second-order valence-electron chi connectivity index (χ2n) is 2.18. The van der Waals surface area contributed by atoms with Gasteiger partial charge in [-0.2, -0.15) is 0 Å². The van der Waals surface area contributed by atoms with Gasteiger partial charge in [0.1, 0.15) is 5.75 Å². The van der Waals surface area contributed by atoms with E-state index < -0.39 is 0 Å². The number of phenolic OH excluding ortho intramolecular Hbond substituents is 3. The number of hydrogen-bond acceptors (Lipinski definition) is 4. The fourth-order valence-electron chi connectivity index (χ4n) is 0.817. The summed E-state index contributed by atoms with van der Waals surface area (Å²) >= 11 is 0. The lowest BCUT2D eigenvalue weighted by Gasteiger charge is -2.03. The number of aromatic hydroxyl groups is 3. The Morgan fingerprint density at radius 1 is 1.18 bits per heavy atom. The number of rotatable bonds is 1. The predicted molar refractivity (Wildman–Crippen MR) is 39.3 cm³/mol. The lowest BCUT2D eigenvalue weighted by atomic mass is 10.2. The molecule has 0 saturated heterocycles. The zero-order valence-electron chi connectivity index (χ0n) is 5.78. The van der Waals surface area contributed by atoms with Gasteiger partial charge in [0.2, 0.25) is 0 Å². The first kappa shape index (κ1) is 7.68. The molecule has 0 fully saturated rings. The average molecular weight is 155 g/mol. The molecular weight excluding hydrogens is 146 g/mol. The topological polar surface area (TPSA) is 86.7 Å². The van der Waals surface area contributed by atoms with Crippen molar-refractivity contribution in [2.24, 2.45) is 5.73 Å². The minimum atomic E-state index is -0.356. The molecule has 0 atom stereocenters. The van der Waals surface area contributed by atoms with Crippen molar-refractivity contribution in [1.82, 2.24) is 0 Å². The van der Waals surface area contributed by atoms with E-state index in [4.69, 9.17) is 21.1 Å². The Balaban J connectivity index is 3.24. The summed E-state index contributed by atoms with van der Waals surface area (Å²) in [6, 6.07) is 2.35. The minimum absolute atomic E-state index is 0.0772. The SMILES string of the molecule is NCc1cc(O)cc(O)c1O. The van der Waals surface area contributed by atoms with Crippen molar-refractivity contribution in [1.29, 1.82) is 0 Å². The zero-order chi connectivity index (χ0) is 8.43. The maximum absolute atomic E-state index is 9.08. The fraction of sp³-hybridized carbons (Fsp3) is 0.143. The second kappa shape index (κ2) is 2.67. The highest BCUT2D eigenvalue weighted by atomic mass is 16.3. The van der Waals surface area contributed by atoms with E-state index in [0.29, 0.717) is 5.56 Å². The van der Waals surface area contributed by atoms with Gasteiger partial charge in [-0.05, 0) is 6.07 Å². The molecule has 0 saturated carbocycles. The van der Waals surface area contributed by atoms with Crippen LogP contribution in [0, 0.1) is 0 Å². The van der Waals surface area contributed by atoms with Gasteiger partial charge < -0.3 is 21.1 Å². The van der Waals surface area contributed by atoms with Crippen molar-refractivity contribution in [2.75, 3.05) is 0 Å². The maximum atomic E-state index is 9.08. The molecule has 60 valence electrons. The van der Waals surface area contributed by atoms with E-state index in [-0.39, 0.29) is 23.8 Å². The van der Waals surface area contributed by atoms with Crippen molar-refractivity contribution < 1.29 is 15.3 Å². The molecule has 0 heterocycles. The third-order valence-corrected chi connectivity index (χ3v) is 1.37. The molecule has 1 aromatic rings. The van der Waals surface area contributed by atoms with Gasteiger partial charge in [-0.3, -0.25) is 0 Å². The molecule has 5 N–H and O–H groups in total. The van der Waals surface area contributed by atoms with E-state index in [1.165, 1.54) is 6.07 Å². The highest BCUT2D eigenvalue weighted by molar-refractivity contribution is 5.49. The van der Waals surface area contributed by atoms with E-state index in [1.54, 1.807) is 0 Å². The molecule has 1 rings (SSSR count). The molecule has 11 heavy (non-hydrogen) atoms. The van der Waals surface area contributed by atoms with E-state index in [0.717, 1.165) is 6.07 Å². The lowest BCUT2D eigenvalue weighted by molar-refractivity contribution is 0.392. The standard InChI is InChI=1S/C7H9NO3/c8-3-4-1-5(9)2-6(10)7(4)11/h1-2,9-11H,3,8H2. The number of benzene rings is 1. The van der Waals surface area contributed by atoms with Gasteiger partial charge in [-0.1, -0.05) is 0 Å². The van der Waals surface area contributed by atoms with Gasteiger partial charge >= 0.3 is 0 Å². The van der Waals surface area contributed by atoms with Crippen LogP contribution in [0.2, 0.25) is 0 Å². The van der Waals surface area contributed by atoms with E-state index in [1.807, 2.05) is 0 Å². The quantitative estimate of drug-likeness (QED) is 0.346. The fourth-order valence-corrected chi connectivity index (χ4v) is 0.817. The van der Waals surface area contributed by atoms with E-state index in [2.05, 4.69) is 0 Å². The molecule has 0 spiro atoms. The van der Waals surface area contributed by atoms with Crippen LogP contribution in [0.15, 0.2) is 12.1 Å². The first-order valence-electron chi connectivity index (χ1n) is 3.09. The Morgan fingerprint density at radius 2 is 1.82 bits per heavy atom. The summed E-state index contributed by atoms with van der Waals surface area (Å²) in [5.41, 5.74) is 5.53. The van der Waals surface area contributed by atoms with Gasteiger partial charge in [-0.15, -0.1) is 0 Å². The Hall–Kier alpha value is -1.42. The van der Waals surface area contributed by atoms with Crippen LogP contribution >= 0.6 is 0 Å². The smallest absolute Gasteiger partial charge is 0.162 e. The Labute approximate surface area is 63.5 Å². The Bertz CT molecular complexity index is 273. The molecule has 0 unspecified atom stereocenters. The Kier molecular flexibility index (Phi) is 1.87. The van der Waals surface area contributed by atoms with Gasteiger partial charge in [0.05, 0.1) is 0 Å². The Morgan fingerprint density at radius 3 is 2.36 bits per heavy atom. The van der Waals surface area contributed by atoms with Crippen molar-refractivity contribution in [3.8, 4) is 17.2 Å². The minimum Gasteiger partial charge on any atom is -0.508 e. The van der Waals surface area contributed by atoms with E-state index in [9.17, 15) is 0 Å². The van der Waals surface area contributed by atoms with Gasteiger partial charge in [0.15, 0.2) is 11.5 Å². The lowest BCUT2D eigenvalue weighted by Crippen LogP contribution is -1.96. The van der Waals surface area contributed by atoms with Crippen LogP contribution in [0.1, 0.15) is 5.56 Å². The number of phenols is 3. The monoisotopic (exact) mass is 155 g/mol. The second-order valence-corrected chi connectivity index (χ2v) is 2.18. The van der Waals surface area contributed by atoms with Gasteiger partial charge in [0, 0.05) is 18.2 Å². The summed E-state index contributed by atoms with van der Waals surface area (Å²) in [5, 5.41) is 27.0. The van der Waals surface area contributed by atoms with Crippen LogP contribution in [0.3, 0.4) is 0 Å². The third-order valence-electron chi connectivity index (χ3n) is 1.37. The first-order valence-corrected chi connectivity index (χ1v) is 3.09. The molecule has 4 heteroatoms. The highest BCUT2D eigenvalue weighted by Gasteiger charge is 2.06. The maximum Gasteiger partial charge on any atom is 0.162 e. The molecule has 0 aromatic heterocycles. The molecule has 0 aliphatic rings. The normalized spacial score (nSPS) is 9.91. The van der Waals surface area contributed by atoms with Crippen LogP contribution in [0.25, 0.3) is 0 Å². The zero-order valence-corrected chi connectivity index (χ0v) is 5.78. The molecule has 0 bridgehead atoms. The summed E-state index contributed by atoms with van der Waals surface area (Å²) in [7, 11) is 0. The van der Waals surface area contributed by atoms with Crippen molar-refractivity contribution in [2.45, 2.75) is 6.54 Å². The molecule has 0 aliphatic carbocycles. The highest BCUT2D eigenvalue weighted by Crippen LogP contribution is 2.32. The molecule has 0 amide bonds. The number of hydrogen-bond donors (Lipinski definition) is 4. The van der Waals surface area contributed by atoms with E-state index >= 15 is 0 Å². The summed E-state index contributed by atoms with van der Waals surface area (Å²) in [4.78, 5) is 0. The van der Waals surface area contributed by atoms with Crippen LogP contribution in [0.4, 0.5) is 0 Å². The molecular formula is C7H9NO3. The molecule has 0 radical (unpaired) electrons. The van der Waals surface area contributed by atoms with Gasteiger partial charge in [-0.25, -0.2) is 0 Å². The van der Waals surface area contributed by atoms with Crippen LogP contribution < -0.4 is 5.73 Å². The average Bonchev–Trinajstić information content (AvgIpc) is 1.96. The van der Waals surface area contributed by atoms with Crippen molar-refractivity contribution in [3.63, 3.8) is 0 Å². The molecule has 0 aliphatic heterocycles. The third kappa shape index (κ3) is 1.35. The summed E-state index contributed by atoms with van der Waals surface area (Å²) in [5.74, 6) is -0.739. The van der Waals surface area contributed by atoms with Gasteiger partial charge in [0.25, 0.3) is 0 Å². The summed E-state index contributed by atoms with van der Waals surface area (Å²) in [6.07, 6.45) is 0. The molecule has 1 aromatic carbocycles. The summed E-state index contributed by atoms with van der Waals surface area (Å²) in [6.45, 7) is 0.0772. The summed E-state index contributed by atoms with van der Waals surface area (Å²) < 4.78 is 0. The van der Waals surface area contributed by atoms with Crippen molar-refractivity contribution in [3.05, 3.63) is 17.7 Å². The predicted octanol–water partition coefficient (Wildman–Crippen LogP) is 0.262. The van der Waals surface area contributed by atoms with Crippen LogP contribution in [0.5, 0.6) is 17.2 Å². The first-order chi connectivity index (χ1) is 5.15. The molecule has 4 nitrogen and oxygen atoms in total. The van der Waals surface area contributed by atoms with Crippen LogP contribution in [-0.4, -0.2) is 15.3 Å². The largest absolute Gasteiger partial charge is 0.508 e. The van der Waals surface area contributed by atoms with Crippen molar-refractivity contribution >= 4 is 0 Å². The number of nitrogens with two attached hydrogens (primary N) is 1. The van der Waals surface area contributed by atoms with Crippen LogP contribution in [-0.2, 0) is 6.54 Å².